The largest absolute Gasteiger partial charge is 0.480 e. The van der Waals surface area contributed by atoms with Gasteiger partial charge in [0.25, 0.3) is 0 Å². The standard InChI is InChI=1S/C30H42F2O5/c1-3-5-7-9-11-13-19-26(33)37-25-18-15-14-17-24(25)30(36-22-16-12-10-8-6-4-2)21-20-23(29(34)35)27(31)28(30)32/h14-15,17-18,20-21,23H,3-13,16,19,22H2,1-2H3,(H,34,35). The predicted octanol–water partition coefficient (Wildman–Crippen LogP) is 8.34. The zero-order valence-electron chi connectivity index (χ0n) is 22.3. The Morgan fingerprint density at radius 1 is 0.892 bits per heavy atom. The molecule has 0 spiro atoms. The lowest BCUT2D eigenvalue weighted by Gasteiger charge is -2.34. The summed E-state index contributed by atoms with van der Waals surface area (Å²) in [5.74, 6) is -6.34. The van der Waals surface area contributed by atoms with E-state index in [4.69, 9.17) is 9.47 Å². The Balaban J connectivity index is 2.21. The number of esters is 1. The van der Waals surface area contributed by atoms with Crippen LogP contribution in [0.4, 0.5) is 8.78 Å². The van der Waals surface area contributed by atoms with E-state index >= 15 is 4.39 Å². The molecule has 1 aromatic rings. The van der Waals surface area contributed by atoms with Gasteiger partial charge in [0.1, 0.15) is 11.7 Å². The molecule has 0 fully saturated rings. The number of para-hydroxylation sites is 1. The van der Waals surface area contributed by atoms with Crippen LogP contribution < -0.4 is 4.74 Å². The van der Waals surface area contributed by atoms with Gasteiger partial charge in [-0.15, -0.1) is 0 Å². The van der Waals surface area contributed by atoms with Crippen molar-refractivity contribution in [2.75, 3.05) is 6.61 Å². The highest BCUT2D eigenvalue weighted by Crippen LogP contribution is 2.47. The maximum absolute atomic E-state index is 15.7. The molecule has 1 N–H and O–H groups in total. The van der Waals surface area contributed by atoms with Crippen molar-refractivity contribution in [1.29, 1.82) is 0 Å². The SMILES string of the molecule is CCCCCCCCOC1(c2ccccc2OC(=O)CCCCCCCC)C=CC(C(=O)O)C(F)=C1F. The predicted molar refractivity (Wildman–Crippen MR) is 141 cm³/mol. The molecule has 2 unspecified atom stereocenters. The molecule has 2 rings (SSSR count). The number of hydrogen-bond donors (Lipinski definition) is 1. The summed E-state index contributed by atoms with van der Waals surface area (Å²) >= 11 is 0. The highest BCUT2D eigenvalue weighted by atomic mass is 19.2. The van der Waals surface area contributed by atoms with Crippen LogP contribution in [-0.4, -0.2) is 23.7 Å². The average molecular weight is 521 g/mol. The van der Waals surface area contributed by atoms with Gasteiger partial charge in [0.15, 0.2) is 17.3 Å². The molecular weight excluding hydrogens is 478 g/mol. The molecule has 0 aromatic heterocycles. The Labute approximate surface area is 219 Å². The van der Waals surface area contributed by atoms with Crippen LogP contribution in [-0.2, 0) is 19.9 Å². The Kier molecular flexibility index (Phi) is 13.5. The molecule has 0 radical (unpaired) electrons. The summed E-state index contributed by atoms with van der Waals surface area (Å²) in [5, 5.41) is 9.31. The number of ether oxygens (including phenoxy) is 2. The summed E-state index contributed by atoms with van der Waals surface area (Å²) in [7, 11) is 0. The molecule has 0 bridgehead atoms. The average Bonchev–Trinajstić information content (AvgIpc) is 2.88. The molecular formula is C30H42F2O5. The van der Waals surface area contributed by atoms with E-state index in [0.29, 0.717) is 12.8 Å². The molecule has 1 aliphatic rings. The van der Waals surface area contributed by atoms with Gasteiger partial charge in [0.2, 0.25) is 0 Å². The normalized spacial score (nSPS) is 19.3. The van der Waals surface area contributed by atoms with Crippen LogP contribution in [0.5, 0.6) is 5.75 Å². The minimum absolute atomic E-state index is 0.0720. The number of carbonyl (C=O) groups is 2. The van der Waals surface area contributed by atoms with Crippen molar-refractivity contribution in [2.45, 2.75) is 103 Å². The van der Waals surface area contributed by atoms with Crippen molar-refractivity contribution >= 4 is 11.9 Å². The molecule has 0 saturated carbocycles. The van der Waals surface area contributed by atoms with E-state index in [1.807, 2.05) is 0 Å². The third kappa shape index (κ3) is 9.06. The molecule has 5 nitrogen and oxygen atoms in total. The highest BCUT2D eigenvalue weighted by molar-refractivity contribution is 5.77. The van der Waals surface area contributed by atoms with E-state index in [1.165, 1.54) is 24.6 Å². The molecule has 0 saturated heterocycles. The van der Waals surface area contributed by atoms with Gasteiger partial charge >= 0.3 is 11.9 Å². The highest BCUT2D eigenvalue weighted by Gasteiger charge is 2.46. The number of rotatable bonds is 18. The van der Waals surface area contributed by atoms with Gasteiger partial charge < -0.3 is 14.6 Å². The lowest BCUT2D eigenvalue weighted by atomic mass is 9.83. The number of carboxylic acids is 1. The molecule has 0 amide bonds. The summed E-state index contributed by atoms with van der Waals surface area (Å²) in [4.78, 5) is 24.0. The van der Waals surface area contributed by atoms with Gasteiger partial charge in [0.05, 0.1) is 0 Å². The zero-order chi connectivity index (χ0) is 27.1. The minimum Gasteiger partial charge on any atom is -0.480 e. The van der Waals surface area contributed by atoms with E-state index in [1.54, 1.807) is 12.1 Å². The maximum atomic E-state index is 15.7. The van der Waals surface area contributed by atoms with Crippen LogP contribution in [0.3, 0.4) is 0 Å². The summed E-state index contributed by atoms with van der Waals surface area (Å²) in [5.41, 5.74) is -1.87. The van der Waals surface area contributed by atoms with E-state index in [-0.39, 0.29) is 24.3 Å². The van der Waals surface area contributed by atoms with Gasteiger partial charge in [-0.1, -0.05) is 102 Å². The summed E-state index contributed by atoms with van der Waals surface area (Å²) < 4.78 is 42.2. The first kappa shape index (κ1) is 30.7. The fourth-order valence-corrected chi connectivity index (χ4v) is 4.49. The van der Waals surface area contributed by atoms with Crippen molar-refractivity contribution in [2.24, 2.45) is 5.92 Å². The lowest BCUT2D eigenvalue weighted by Crippen LogP contribution is -2.35. The lowest BCUT2D eigenvalue weighted by molar-refractivity contribution is -0.139. The van der Waals surface area contributed by atoms with E-state index < -0.39 is 35.1 Å². The Morgan fingerprint density at radius 2 is 1.49 bits per heavy atom. The van der Waals surface area contributed by atoms with Crippen molar-refractivity contribution in [3.05, 3.63) is 53.6 Å². The van der Waals surface area contributed by atoms with Gasteiger partial charge in [-0.3, -0.25) is 9.59 Å². The Hall–Kier alpha value is -2.54. The molecule has 1 aromatic carbocycles. The molecule has 0 heterocycles. The quantitative estimate of drug-likeness (QED) is 0.0911. The minimum atomic E-state index is -2.00. The van der Waals surface area contributed by atoms with Crippen molar-refractivity contribution in [3.63, 3.8) is 0 Å². The second kappa shape index (κ2) is 16.3. The molecule has 206 valence electrons. The van der Waals surface area contributed by atoms with Gasteiger partial charge in [-0.05, 0) is 25.0 Å². The molecule has 0 aliphatic heterocycles. The number of halogens is 2. The third-order valence-electron chi connectivity index (χ3n) is 6.67. The zero-order valence-corrected chi connectivity index (χ0v) is 22.3. The molecule has 7 heteroatoms. The van der Waals surface area contributed by atoms with Gasteiger partial charge in [0, 0.05) is 18.6 Å². The van der Waals surface area contributed by atoms with Crippen LogP contribution in [0.2, 0.25) is 0 Å². The number of aliphatic carboxylic acids is 1. The summed E-state index contributed by atoms with van der Waals surface area (Å²) in [6.07, 6.45) is 14.6. The van der Waals surface area contributed by atoms with E-state index in [0.717, 1.165) is 63.9 Å². The van der Waals surface area contributed by atoms with Gasteiger partial charge in [-0.2, -0.15) is 0 Å². The van der Waals surface area contributed by atoms with E-state index in [2.05, 4.69) is 13.8 Å². The monoisotopic (exact) mass is 520 g/mol. The fraction of sp³-hybridized carbons (Fsp3) is 0.600. The Bertz CT molecular complexity index is 926. The summed E-state index contributed by atoms with van der Waals surface area (Å²) in [6.45, 7) is 4.41. The van der Waals surface area contributed by atoms with Crippen LogP contribution in [0.25, 0.3) is 0 Å². The summed E-state index contributed by atoms with van der Waals surface area (Å²) in [6, 6.07) is 6.31. The first-order valence-electron chi connectivity index (χ1n) is 13.8. The number of hydrogen-bond acceptors (Lipinski definition) is 4. The van der Waals surface area contributed by atoms with Crippen molar-refractivity contribution < 1.29 is 33.0 Å². The van der Waals surface area contributed by atoms with Crippen LogP contribution >= 0.6 is 0 Å². The van der Waals surface area contributed by atoms with Crippen LogP contribution in [0.15, 0.2) is 48.1 Å². The van der Waals surface area contributed by atoms with E-state index in [9.17, 15) is 19.1 Å². The van der Waals surface area contributed by atoms with Crippen LogP contribution in [0.1, 0.15) is 103 Å². The number of unbranched alkanes of at least 4 members (excludes halogenated alkanes) is 10. The topological polar surface area (TPSA) is 72.8 Å². The van der Waals surface area contributed by atoms with Crippen LogP contribution in [0, 0.1) is 5.92 Å². The molecule has 1 aliphatic carbocycles. The van der Waals surface area contributed by atoms with Crippen molar-refractivity contribution in [3.8, 4) is 5.75 Å². The second-order valence-electron chi connectivity index (χ2n) is 9.68. The first-order chi connectivity index (χ1) is 17.9. The first-order valence-corrected chi connectivity index (χ1v) is 13.8. The third-order valence-corrected chi connectivity index (χ3v) is 6.67. The maximum Gasteiger partial charge on any atom is 0.317 e. The number of carbonyl (C=O) groups excluding carboxylic acids is 1. The van der Waals surface area contributed by atoms with Gasteiger partial charge in [-0.25, -0.2) is 8.78 Å². The fourth-order valence-electron chi connectivity index (χ4n) is 4.49. The molecule has 37 heavy (non-hydrogen) atoms. The number of benzene rings is 1. The Morgan fingerprint density at radius 3 is 2.14 bits per heavy atom. The van der Waals surface area contributed by atoms with Crippen molar-refractivity contribution in [1.82, 2.24) is 0 Å². The number of carboxylic acid groups (broad SMARTS) is 1. The second-order valence-corrected chi connectivity index (χ2v) is 9.68. The molecule has 2 atom stereocenters. The smallest absolute Gasteiger partial charge is 0.317 e.